The predicted molar refractivity (Wildman–Crippen MR) is 132 cm³/mol. The maximum atomic E-state index is 11.4. The number of allylic oxidation sites excluding steroid dienone is 4. The third-order valence-electron chi connectivity index (χ3n) is 4.83. The number of hydrogen-bond acceptors (Lipinski definition) is 4. The number of hydrogen-bond donors (Lipinski definition) is 0. The minimum absolute atomic E-state index is 0.0797. The lowest BCUT2D eigenvalue weighted by Crippen LogP contribution is -2.17. The molecule has 0 unspecified atom stereocenters. The highest BCUT2D eigenvalue weighted by Gasteiger charge is 2.22. The van der Waals surface area contributed by atoms with Gasteiger partial charge < -0.3 is 14.2 Å². The third-order valence-corrected chi connectivity index (χ3v) is 4.83. The van der Waals surface area contributed by atoms with Gasteiger partial charge in [-0.25, -0.2) is 4.79 Å². The van der Waals surface area contributed by atoms with Crippen LogP contribution >= 0.6 is 0 Å². The molecule has 0 amide bonds. The zero-order valence-electron chi connectivity index (χ0n) is 20.0. The number of fused-ring (bicyclic) bond motifs is 1. The Kier molecular flexibility index (Phi) is 9.33. The molecule has 2 aromatic carbocycles. The molecule has 4 heteroatoms. The fraction of sp³-hybridized carbons (Fsp3) is 0.321. The van der Waals surface area contributed by atoms with Crippen molar-refractivity contribution < 1.29 is 19.0 Å². The first-order valence-electron chi connectivity index (χ1n) is 10.9. The molecule has 170 valence electrons. The van der Waals surface area contributed by atoms with Crippen molar-refractivity contribution in [1.29, 1.82) is 0 Å². The van der Waals surface area contributed by atoms with Crippen molar-refractivity contribution in [2.24, 2.45) is 5.41 Å². The van der Waals surface area contributed by atoms with Gasteiger partial charge in [0.15, 0.2) is 0 Å². The molecule has 0 saturated heterocycles. The molecule has 1 aliphatic heterocycles. The van der Waals surface area contributed by atoms with Crippen molar-refractivity contribution in [3.05, 3.63) is 84.0 Å². The van der Waals surface area contributed by atoms with E-state index >= 15 is 0 Å². The zero-order valence-corrected chi connectivity index (χ0v) is 20.0. The van der Waals surface area contributed by atoms with Crippen LogP contribution in [0, 0.1) is 5.41 Å². The van der Waals surface area contributed by atoms with Gasteiger partial charge in [-0.15, -0.1) is 0 Å². The normalized spacial score (nSPS) is 14.8. The average Bonchev–Trinajstić information content (AvgIpc) is 2.89. The molecule has 32 heavy (non-hydrogen) atoms. The molecule has 3 rings (SSSR count). The van der Waals surface area contributed by atoms with Crippen LogP contribution < -0.4 is 9.47 Å². The quantitative estimate of drug-likeness (QED) is 0.297. The number of carbonyl (C=O) groups excluding carboxylic acids is 1. The summed E-state index contributed by atoms with van der Waals surface area (Å²) in [5, 5.41) is 0. The summed E-state index contributed by atoms with van der Waals surface area (Å²) in [6, 6.07) is 15.7. The lowest BCUT2D eigenvalue weighted by Gasteiger charge is -2.18. The van der Waals surface area contributed by atoms with Crippen molar-refractivity contribution in [2.75, 3.05) is 20.3 Å². The van der Waals surface area contributed by atoms with Crippen LogP contribution in [-0.2, 0) is 9.53 Å². The van der Waals surface area contributed by atoms with Crippen molar-refractivity contribution in [3.63, 3.8) is 0 Å². The van der Waals surface area contributed by atoms with Gasteiger partial charge in [-0.2, -0.15) is 0 Å². The van der Waals surface area contributed by atoms with Gasteiger partial charge in [0.1, 0.15) is 11.5 Å². The maximum absolute atomic E-state index is 11.4. The van der Waals surface area contributed by atoms with E-state index in [9.17, 15) is 4.79 Å². The first kappa shape index (κ1) is 25.0. The Morgan fingerprint density at radius 3 is 2.50 bits per heavy atom. The second-order valence-electron chi connectivity index (χ2n) is 8.18. The summed E-state index contributed by atoms with van der Waals surface area (Å²) in [4.78, 5) is 11.4. The number of benzene rings is 2. The molecule has 2 aromatic rings. The Bertz CT molecular complexity index is 982. The van der Waals surface area contributed by atoms with Gasteiger partial charge in [-0.3, -0.25) is 0 Å². The van der Waals surface area contributed by atoms with Crippen molar-refractivity contribution in [2.45, 2.75) is 34.6 Å². The van der Waals surface area contributed by atoms with Crippen LogP contribution in [0.3, 0.4) is 0 Å². The lowest BCUT2D eigenvalue weighted by molar-refractivity contribution is -0.137. The summed E-state index contributed by atoms with van der Waals surface area (Å²) in [5.41, 5.74) is 4.33. The van der Waals surface area contributed by atoms with Gasteiger partial charge >= 0.3 is 5.97 Å². The summed E-state index contributed by atoms with van der Waals surface area (Å²) in [7, 11) is 1.68. The second kappa shape index (κ2) is 11.9. The van der Waals surface area contributed by atoms with Crippen LogP contribution in [0.2, 0.25) is 0 Å². The van der Waals surface area contributed by atoms with Crippen molar-refractivity contribution in [3.8, 4) is 11.5 Å². The molecule has 0 aromatic heterocycles. The molecule has 0 fully saturated rings. The standard InChI is InChI=1S/C14H18O2.C14H16O2/c1-10-8-14(2,3)9-16-13-6-5-11(15-4)7-12(10)13;1-3-8-13(11-14(15)16-4-2)12-9-6-5-7-10-12/h5-8H,9H2,1-4H3;3,5-11H,4H2,1-2H3/b;8-3+,13-11+. The first-order chi connectivity index (χ1) is 15.3. The monoisotopic (exact) mass is 434 g/mol. The van der Waals surface area contributed by atoms with Crippen LogP contribution in [0.15, 0.2) is 72.8 Å². The van der Waals surface area contributed by atoms with Gasteiger partial charge in [-0.05, 0) is 55.7 Å². The van der Waals surface area contributed by atoms with E-state index in [4.69, 9.17) is 14.2 Å². The van der Waals surface area contributed by atoms with Crippen LogP contribution in [0.4, 0.5) is 0 Å². The fourth-order valence-corrected chi connectivity index (χ4v) is 3.39. The van der Waals surface area contributed by atoms with E-state index in [1.165, 1.54) is 11.6 Å². The molecule has 0 bridgehead atoms. The van der Waals surface area contributed by atoms with Crippen molar-refractivity contribution in [1.82, 2.24) is 0 Å². The summed E-state index contributed by atoms with van der Waals surface area (Å²) >= 11 is 0. The van der Waals surface area contributed by atoms with Crippen molar-refractivity contribution >= 4 is 17.1 Å². The van der Waals surface area contributed by atoms with E-state index in [-0.39, 0.29) is 11.4 Å². The Morgan fingerprint density at radius 1 is 1.16 bits per heavy atom. The van der Waals surface area contributed by atoms with E-state index in [1.807, 2.05) is 67.6 Å². The molecule has 0 N–H and O–H groups in total. The minimum Gasteiger partial charge on any atom is -0.497 e. The van der Waals surface area contributed by atoms with Gasteiger partial charge in [0.2, 0.25) is 0 Å². The number of rotatable bonds is 5. The Balaban J connectivity index is 0.000000227. The van der Waals surface area contributed by atoms with Crippen LogP contribution in [-0.4, -0.2) is 26.3 Å². The van der Waals surface area contributed by atoms with E-state index in [1.54, 1.807) is 14.0 Å². The average molecular weight is 435 g/mol. The van der Waals surface area contributed by atoms with Gasteiger partial charge in [0, 0.05) is 17.1 Å². The number of esters is 1. The molecular weight excluding hydrogens is 400 g/mol. The topological polar surface area (TPSA) is 44.8 Å². The molecule has 0 atom stereocenters. The molecule has 4 nitrogen and oxygen atoms in total. The van der Waals surface area contributed by atoms with Gasteiger partial charge in [0.25, 0.3) is 0 Å². The largest absolute Gasteiger partial charge is 0.497 e. The third kappa shape index (κ3) is 7.45. The van der Waals surface area contributed by atoms with E-state index < -0.39 is 0 Å². The van der Waals surface area contributed by atoms with Crippen LogP contribution in [0.25, 0.3) is 11.1 Å². The highest BCUT2D eigenvalue weighted by Crippen LogP contribution is 2.36. The molecule has 1 aliphatic rings. The molecule has 0 saturated carbocycles. The van der Waals surface area contributed by atoms with E-state index in [0.29, 0.717) is 13.2 Å². The summed E-state index contributed by atoms with van der Waals surface area (Å²) in [6.07, 6.45) is 7.57. The number of ether oxygens (including phenoxy) is 3. The molecular formula is C28H34O4. The summed E-state index contributed by atoms with van der Waals surface area (Å²) < 4.78 is 16.0. The lowest BCUT2D eigenvalue weighted by atomic mass is 9.91. The van der Waals surface area contributed by atoms with Gasteiger partial charge in [-0.1, -0.05) is 62.4 Å². The molecule has 0 aliphatic carbocycles. The Hall–Kier alpha value is -3.27. The highest BCUT2D eigenvalue weighted by atomic mass is 16.5. The van der Waals surface area contributed by atoms with Gasteiger partial charge in [0.05, 0.1) is 20.3 Å². The minimum atomic E-state index is -0.306. The number of methoxy groups -OCH3 is 1. The zero-order chi connectivity index (χ0) is 23.6. The predicted octanol–water partition coefficient (Wildman–Crippen LogP) is 6.73. The summed E-state index contributed by atoms with van der Waals surface area (Å²) in [6.45, 7) is 11.3. The smallest absolute Gasteiger partial charge is 0.331 e. The Morgan fingerprint density at radius 2 is 1.88 bits per heavy atom. The Labute approximate surface area is 192 Å². The van der Waals surface area contributed by atoms with E-state index in [2.05, 4.69) is 26.8 Å². The second-order valence-corrected chi connectivity index (χ2v) is 8.18. The first-order valence-corrected chi connectivity index (χ1v) is 10.9. The number of carbonyl (C=O) groups is 1. The highest BCUT2D eigenvalue weighted by molar-refractivity contribution is 5.94. The fourth-order valence-electron chi connectivity index (χ4n) is 3.39. The van der Waals surface area contributed by atoms with Crippen LogP contribution in [0.5, 0.6) is 11.5 Å². The van der Waals surface area contributed by atoms with E-state index in [0.717, 1.165) is 28.2 Å². The molecule has 0 spiro atoms. The summed E-state index contributed by atoms with van der Waals surface area (Å²) in [5.74, 6) is 1.51. The molecule has 0 radical (unpaired) electrons. The van der Waals surface area contributed by atoms with Crippen LogP contribution in [0.1, 0.15) is 45.7 Å². The maximum Gasteiger partial charge on any atom is 0.331 e. The SMILES string of the molecule is C/C=C/C(=C\C(=O)OCC)c1ccccc1.COc1ccc2c(c1)C(C)=CC(C)(C)CO2. The molecule has 1 heterocycles.